The van der Waals surface area contributed by atoms with E-state index in [0.717, 1.165) is 16.7 Å². The zero-order chi connectivity index (χ0) is 22.0. The van der Waals surface area contributed by atoms with E-state index in [1.807, 2.05) is 66.7 Å². The van der Waals surface area contributed by atoms with E-state index in [9.17, 15) is 0 Å². The van der Waals surface area contributed by atoms with Gasteiger partial charge in [-0.2, -0.15) is 0 Å². The molecule has 1 fully saturated rings. The Morgan fingerprint density at radius 1 is 0.688 bits per heavy atom. The summed E-state index contributed by atoms with van der Waals surface area (Å²) in [5.74, 6) is 0. The lowest BCUT2D eigenvalue weighted by Crippen LogP contribution is -2.51. The van der Waals surface area contributed by atoms with Gasteiger partial charge in [0.1, 0.15) is 17.8 Å². The number of benzene rings is 3. The van der Waals surface area contributed by atoms with Gasteiger partial charge in [-0.1, -0.05) is 103 Å². The fourth-order valence-electron chi connectivity index (χ4n) is 3.80. The molecule has 0 aromatic heterocycles. The third kappa shape index (κ3) is 6.89. The van der Waals surface area contributed by atoms with Gasteiger partial charge in [-0.25, -0.2) is 0 Å². The van der Waals surface area contributed by atoms with Gasteiger partial charge in [0.2, 0.25) is 0 Å². The van der Waals surface area contributed by atoms with Gasteiger partial charge in [0.25, 0.3) is 0 Å². The second-order valence-corrected chi connectivity index (χ2v) is 8.40. The SMILES string of the molecule is Cl[C@@H]1C[C@@H](OCc2ccccc2)[C@H](OCc2ccccc2)C(COCc2ccccc2)O1. The quantitative estimate of drug-likeness (QED) is 0.368. The molecule has 0 spiro atoms. The van der Waals surface area contributed by atoms with Crippen LogP contribution in [0.15, 0.2) is 91.0 Å². The second-order valence-electron chi connectivity index (χ2n) is 7.92. The fourth-order valence-corrected chi connectivity index (χ4v) is 4.11. The number of halogens is 1. The Balaban J connectivity index is 1.42. The van der Waals surface area contributed by atoms with Crippen molar-refractivity contribution in [1.29, 1.82) is 0 Å². The Labute approximate surface area is 195 Å². The third-order valence-corrected chi connectivity index (χ3v) is 5.74. The summed E-state index contributed by atoms with van der Waals surface area (Å²) in [4.78, 5) is 0. The molecule has 0 saturated carbocycles. The normalized spacial score (nSPS) is 23.2. The highest BCUT2D eigenvalue weighted by Crippen LogP contribution is 2.29. The Kier molecular flexibility index (Phi) is 8.71. The van der Waals surface area contributed by atoms with Crippen molar-refractivity contribution in [3.63, 3.8) is 0 Å². The molecule has 3 aromatic rings. The Hall–Kier alpha value is -2.21. The fraction of sp³-hybridized carbons (Fsp3) is 0.333. The molecular weight excluding hydrogens is 424 g/mol. The summed E-state index contributed by atoms with van der Waals surface area (Å²) in [6, 6.07) is 30.3. The smallest absolute Gasteiger partial charge is 0.134 e. The molecule has 1 aliphatic heterocycles. The summed E-state index contributed by atoms with van der Waals surface area (Å²) < 4.78 is 24.7. The van der Waals surface area contributed by atoms with Crippen molar-refractivity contribution < 1.29 is 18.9 Å². The zero-order valence-electron chi connectivity index (χ0n) is 18.0. The van der Waals surface area contributed by atoms with Gasteiger partial charge in [0.15, 0.2) is 0 Å². The van der Waals surface area contributed by atoms with Gasteiger partial charge >= 0.3 is 0 Å². The number of hydrogen-bond donors (Lipinski definition) is 0. The predicted octanol–water partition coefficient (Wildman–Crippen LogP) is 5.73. The maximum absolute atomic E-state index is 6.45. The maximum Gasteiger partial charge on any atom is 0.134 e. The topological polar surface area (TPSA) is 36.9 Å². The molecule has 1 saturated heterocycles. The first-order valence-electron chi connectivity index (χ1n) is 11.0. The number of alkyl halides is 1. The molecule has 4 rings (SSSR count). The molecule has 1 heterocycles. The van der Waals surface area contributed by atoms with E-state index in [2.05, 4.69) is 24.3 Å². The Bertz CT molecular complexity index is 907. The van der Waals surface area contributed by atoms with Crippen molar-refractivity contribution in [3.05, 3.63) is 108 Å². The van der Waals surface area contributed by atoms with Crippen molar-refractivity contribution in [2.75, 3.05) is 6.61 Å². The van der Waals surface area contributed by atoms with Gasteiger partial charge in [-0.3, -0.25) is 0 Å². The highest BCUT2D eigenvalue weighted by Gasteiger charge is 2.40. The lowest BCUT2D eigenvalue weighted by atomic mass is 10.0. The van der Waals surface area contributed by atoms with Crippen LogP contribution in [0, 0.1) is 0 Å². The summed E-state index contributed by atoms with van der Waals surface area (Å²) in [5, 5.41) is 0. The first-order chi connectivity index (χ1) is 15.8. The molecule has 3 aromatic carbocycles. The van der Waals surface area contributed by atoms with Gasteiger partial charge in [-0.15, -0.1) is 0 Å². The molecule has 0 radical (unpaired) electrons. The highest BCUT2D eigenvalue weighted by atomic mass is 35.5. The van der Waals surface area contributed by atoms with Gasteiger partial charge in [0, 0.05) is 6.42 Å². The van der Waals surface area contributed by atoms with E-state index in [1.54, 1.807) is 0 Å². The van der Waals surface area contributed by atoms with E-state index in [0.29, 0.717) is 32.8 Å². The average molecular weight is 453 g/mol. The van der Waals surface area contributed by atoms with Crippen molar-refractivity contribution >= 4 is 11.6 Å². The Morgan fingerprint density at radius 2 is 1.19 bits per heavy atom. The van der Waals surface area contributed by atoms with E-state index < -0.39 is 5.56 Å². The zero-order valence-corrected chi connectivity index (χ0v) is 18.8. The molecule has 1 unspecified atom stereocenters. The second kappa shape index (κ2) is 12.1. The molecule has 4 nitrogen and oxygen atoms in total. The summed E-state index contributed by atoms with van der Waals surface area (Å²) >= 11 is 6.45. The van der Waals surface area contributed by atoms with Gasteiger partial charge in [-0.05, 0) is 16.7 Å². The van der Waals surface area contributed by atoms with Gasteiger partial charge < -0.3 is 18.9 Å². The van der Waals surface area contributed by atoms with Crippen molar-refractivity contribution in [1.82, 2.24) is 0 Å². The molecule has 0 amide bonds. The molecule has 5 heteroatoms. The number of hydrogen-bond acceptors (Lipinski definition) is 4. The van der Waals surface area contributed by atoms with Crippen molar-refractivity contribution in [2.45, 2.75) is 50.1 Å². The maximum atomic E-state index is 6.45. The highest BCUT2D eigenvalue weighted by molar-refractivity contribution is 6.19. The minimum absolute atomic E-state index is 0.194. The average Bonchev–Trinajstić information content (AvgIpc) is 2.84. The summed E-state index contributed by atoms with van der Waals surface area (Å²) in [6.45, 7) is 1.86. The van der Waals surface area contributed by atoms with Crippen LogP contribution in [0.3, 0.4) is 0 Å². The van der Waals surface area contributed by atoms with Crippen LogP contribution in [-0.2, 0) is 38.8 Å². The van der Waals surface area contributed by atoms with Crippen LogP contribution in [0.2, 0.25) is 0 Å². The van der Waals surface area contributed by atoms with Crippen LogP contribution in [0.4, 0.5) is 0 Å². The molecule has 32 heavy (non-hydrogen) atoms. The lowest BCUT2D eigenvalue weighted by molar-refractivity contribution is -0.205. The first-order valence-corrected chi connectivity index (χ1v) is 11.4. The van der Waals surface area contributed by atoms with Crippen LogP contribution >= 0.6 is 11.6 Å². The van der Waals surface area contributed by atoms with E-state index in [-0.39, 0.29) is 18.3 Å². The standard InChI is InChI=1S/C27H29ClO4/c28-26-16-24(30-18-22-12-6-2-7-13-22)27(31-19-23-14-8-3-9-15-23)25(32-26)20-29-17-21-10-4-1-5-11-21/h1-15,24-27H,16-20H2/t24-,25?,26+,27+/m1/s1. The largest absolute Gasteiger partial charge is 0.374 e. The molecule has 0 bridgehead atoms. The van der Waals surface area contributed by atoms with Crippen LogP contribution in [-0.4, -0.2) is 30.5 Å². The first kappa shape index (κ1) is 23.0. The van der Waals surface area contributed by atoms with Crippen LogP contribution in [0.1, 0.15) is 23.1 Å². The molecule has 4 atom stereocenters. The third-order valence-electron chi connectivity index (χ3n) is 5.46. The molecular formula is C27H29ClO4. The minimum atomic E-state index is -0.447. The van der Waals surface area contributed by atoms with Crippen molar-refractivity contribution in [3.8, 4) is 0 Å². The number of ether oxygens (including phenoxy) is 4. The number of rotatable bonds is 10. The summed E-state index contributed by atoms with van der Waals surface area (Å²) in [5.41, 5.74) is 2.89. The van der Waals surface area contributed by atoms with Crippen LogP contribution < -0.4 is 0 Å². The monoisotopic (exact) mass is 452 g/mol. The molecule has 0 aliphatic carbocycles. The summed E-state index contributed by atoms with van der Waals surface area (Å²) in [6.07, 6.45) is -0.243. The Morgan fingerprint density at radius 3 is 1.75 bits per heavy atom. The van der Waals surface area contributed by atoms with Crippen LogP contribution in [0.25, 0.3) is 0 Å². The molecule has 1 aliphatic rings. The van der Waals surface area contributed by atoms with E-state index in [1.165, 1.54) is 0 Å². The van der Waals surface area contributed by atoms with Gasteiger partial charge in [0.05, 0.1) is 32.5 Å². The van der Waals surface area contributed by atoms with Crippen LogP contribution in [0.5, 0.6) is 0 Å². The van der Waals surface area contributed by atoms with E-state index >= 15 is 0 Å². The summed E-state index contributed by atoms with van der Waals surface area (Å²) in [7, 11) is 0. The van der Waals surface area contributed by atoms with Crippen molar-refractivity contribution in [2.24, 2.45) is 0 Å². The lowest BCUT2D eigenvalue weighted by Gasteiger charge is -2.39. The molecule has 0 N–H and O–H groups in total. The molecule has 168 valence electrons. The predicted molar refractivity (Wildman–Crippen MR) is 125 cm³/mol. The minimum Gasteiger partial charge on any atom is -0.374 e. The van der Waals surface area contributed by atoms with E-state index in [4.69, 9.17) is 30.5 Å².